The van der Waals surface area contributed by atoms with Crippen LogP contribution in [0.2, 0.25) is 0 Å². The zero-order valence-corrected chi connectivity index (χ0v) is 12.4. The lowest BCUT2D eigenvalue weighted by Crippen LogP contribution is -2.60. The Balaban J connectivity index is 1.80. The van der Waals surface area contributed by atoms with Gasteiger partial charge < -0.3 is 5.32 Å². The highest BCUT2D eigenvalue weighted by Crippen LogP contribution is 2.36. The number of hydrogen-bond acceptors (Lipinski definition) is 2. The second-order valence-electron chi connectivity index (χ2n) is 6.13. The predicted molar refractivity (Wildman–Crippen MR) is 83.4 cm³/mol. The summed E-state index contributed by atoms with van der Waals surface area (Å²) in [6.07, 6.45) is 5.39. The van der Waals surface area contributed by atoms with Crippen LogP contribution in [0.1, 0.15) is 44.2 Å². The summed E-state index contributed by atoms with van der Waals surface area (Å²) >= 11 is 0. The largest absolute Gasteiger partial charge is 0.308 e. The van der Waals surface area contributed by atoms with E-state index in [9.17, 15) is 0 Å². The van der Waals surface area contributed by atoms with E-state index in [2.05, 4.69) is 52.4 Å². The van der Waals surface area contributed by atoms with Crippen molar-refractivity contribution in [3.63, 3.8) is 0 Å². The summed E-state index contributed by atoms with van der Waals surface area (Å²) in [4.78, 5) is 2.58. The van der Waals surface area contributed by atoms with Gasteiger partial charge in [0.05, 0.1) is 6.54 Å². The maximum absolute atomic E-state index is 3.86. The number of nitrogens with one attached hydrogen (secondary N) is 1. The van der Waals surface area contributed by atoms with Gasteiger partial charge in [-0.2, -0.15) is 0 Å². The van der Waals surface area contributed by atoms with Crippen LogP contribution in [-0.2, 0) is 0 Å². The van der Waals surface area contributed by atoms with Crippen LogP contribution in [-0.4, -0.2) is 30.1 Å². The van der Waals surface area contributed by atoms with Gasteiger partial charge in [0.25, 0.3) is 0 Å². The van der Waals surface area contributed by atoms with Gasteiger partial charge >= 0.3 is 0 Å². The van der Waals surface area contributed by atoms with E-state index in [1.54, 1.807) is 0 Å². The van der Waals surface area contributed by atoms with E-state index in [1.165, 1.54) is 31.2 Å². The fraction of sp³-hybridized carbons (Fsp3) is 0.556. The first-order valence-electron chi connectivity index (χ1n) is 7.77. The molecule has 1 aromatic carbocycles. The van der Waals surface area contributed by atoms with Crippen molar-refractivity contribution in [3.8, 4) is 11.8 Å². The Hall–Kier alpha value is -1.30. The zero-order chi connectivity index (χ0) is 13.8. The highest BCUT2D eigenvalue weighted by molar-refractivity contribution is 5.22. The van der Waals surface area contributed by atoms with Crippen molar-refractivity contribution in [2.24, 2.45) is 0 Å². The molecular formula is C18H24N2. The number of piperazine rings is 1. The molecule has 1 aliphatic carbocycles. The minimum Gasteiger partial charge on any atom is -0.308 e. The van der Waals surface area contributed by atoms with Gasteiger partial charge in [-0.3, -0.25) is 4.90 Å². The van der Waals surface area contributed by atoms with Crippen molar-refractivity contribution >= 4 is 0 Å². The Morgan fingerprint density at radius 2 is 2.00 bits per heavy atom. The molecule has 1 aliphatic heterocycles. The summed E-state index contributed by atoms with van der Waals surface area (Å²) in [5.41, 5.74) is 1.77. The van der Waals surface area contributed by atoms with Crippen LogP contribution in [0, 0.1) is 11.8 Å². The van der Waals surface area contributed by atoms with Gasteiger partial charge in [-0.1, -0.05) is 49.1 Å². The van der Waals surface area contributed by atoms with E-state index >= 15 is 0 Å². The third-order valence-corrected chi connectivity index (χ3v) is 4.82. The molecule has 1 unspecified atom stereocenters. The van der Waals surface area contributed by atoms with Crippen LogP contribution in [0.3, 0.4) is 0 Å². The van der Waals surface area contributed by atoms with E-state index in [-0.39, 0.29) is 0 Å². The molecule has 0 radical (unpaired) electrons. The van der Waals surface area contributed by atoms with Crippen LogP contribution in [0.5, 0.6) is 0 Å². The van der Waals surface area contributed by atoms with Gasteiger partial charge in [-0.15, -0.1) is 5.92 Å². The molecular weight excluding hydrogens is 244 g/mol. The summed E-state index contributed by atoms with van der Waals surface area (Å²) in [5, 5.41) is 3.86. The van der Waals surface area contributed by atoms with Crippen molar-refractivity contribution in [1.82, 2.24) is 10.2 Å². The number of hydrogen-bond donors (Lipinski definition) is 1. The molecule has 106 valence electrons. The molecule has 3 rings (SSSR count). The first kappa shape index (κ1) is 13.7. The summed E-state index contributed by atoms with van der Waals surface area (Å²) < 4.78 is 0. The van der Waals surface area contributed by atoms with Crippen molar-refractivity contribution in [2.75, 3.05) is 19.6 Å². The van der Waals surface area contributed by atoms with Crippen LogP contribution in [0.15, 0.2) is 30.3 Å². The average Bonchev–Trinajstić information content (AvgIpc) is 2.94. The van der Waals surface area contributed by atoms with Gasteiger partial charge in [-0.05, 0) is 25.3 Å². The molecule has 0 amide bonds. The highest BCUT2D eigenvalue weighted by Gasteiger charge is 2.41. The van der Waals surface area contributed by atoms with E-state index in [4.69, 9.17) is 0 Å². The molecule has 1 N–H and O–H groups in total. The molecule has 2 fully saturated rings. The molecule has 1 atom stereocenters. The molecule has 2 heteroatoms. The maximum Gasteiger partial charge on any atom is 0.0608 e. The van der Waals surface area contributed by atoms with Gasteiger partial charge in [0.2, 0.25) is 0 Å². The lowest BCUT2D eigenvalue weighted by Gasteiger charge is -2.46. The molecule has 0 bridgehead atoms. The molecule has 1 aromatic rings. The predicted octanol–water partition coefficient (Wildman–Crippen LogP) is 2.97. The number of benzene rings is 1. The van der Waals surface area contributed by atoms with E-state index in [1.807, 2.05) is 6.92 Å². The standard InChI is InChI=1S/C18H24N2/c1-2-3-13-20-15-18(11-7-8-12-18)19-14-17(20)16-9-5-4-6-10-16/h4-6,9-10,17,19H,7-8,11-15H2,1H3. The van der Waals surface area contributed by atoms with Gasteiger partial charge in [-0.25, -0.2) is 0 Å². The van der Waals surface area contributed by atoms with Crippen molar-refractivity contribution < 1.29 is 0 Å². The van der Waals surface area contributed by atoms with Crippen LogP contribution in [0.25, 0.3) is 0 Å². The summed E-state index contributed by atoms with van der Waals surface area (Å²) in [6, 6.07) is 11.3. The SMILES string of the molecule is CC#CCN1CC2(CCCC2)NCC1c1ccccc1. The Kier molecular flexibility index (Phi) is 4.10. The highest BCUT2D eigenvalue weighted by atomic mass is 15.3. The average molecular weight is 268 g/mol. The molecule has 2 aliphatic rings. The molecule has 0 aromatic heterocycles. The van der Waals surface area contributed by atoms with E-state index in [0.29, 0.717) is 11.6 Å². The van der Waals surface area contributed by atoms with Gasteiger partial charge in [0, 0.05) is 24.7 Å². The van der Waals surface area contributed by atoms with Crippen molar-refractivity contribution in [2.45, 2.75) is 44.2 Å². The first-order chi connectivity index (χ1) is 9.83. The zero-order valence-electron chi connectivity index (χ0n) is 12.4. The first-order valence-corrected chi connectivity index (χ1v) is 7.77. The minimum absolute atomic E-state index is 0.362. The Bertz CT molecular complexity index is 491. The molecule has 1 spiro atoms. The summed E-state index contributed by atoms with van der Waals surface area (Å²) in [5.74, 6) is 6.33. The second-order valence-corrected chi connectivity index (χ2v) is 6.13. The van der Waals surface area contributed by atoms with Crippen LogP contribution < -0.4 is 5.32 Å². The van der Waals surface area contributed by atoms with Gasteiger partial charge in [0.15, 0.2) is 0 Å². The Labute approximate surface area is 122 Å². The van der Waals surface area contributed by atoms with E-state index < -0.39 is 0 Å². The van der Waals surface area contributed by atoms with Crippen molar-refractivity contribution in [1.29, 1.82) is 0 Å². The smallest absolute Gasteiger partial charge is 0.0608 e. The molecule has 1 heterocycles. The third-order valence-electron chi connectivity index (χ3n) is 4.82. The lowest BCUT2D eigenvalue weighted by molar-refractivity contribution is 0.0932. The van der Waals surface area contributed by atoms with E-state index in [0.717, 1.165) is 19.6 Å². The van der Waals surface area contributed by atoms with Gasteiger partial charge in [0.1, 0.15) is 0 Å². The molecule has 1 saturated carbocycles. The quantitative estimate of drug-likeness (QED) is 0.830. The fourth-order valence-electron chi connectivity index (χ4n) is 3.73. The Morgan fingerprint density at radius 1 is 1.25 bits per heavy atom. The van der Waals surface area contributed by atoms with Crippen LogP contribution >= 0.6 is 0 Å². The molecule has 2 nitrogen and oxygen atoms in total. The van der Waals surface area contributed by atoms with Crippen molar-refractivity contribution in [3.05, 3.63) is 35.9 Å². The Morgan fingerprint density at radius 3 is 2.70 bits per heavy atom. The normalized spacial score (nSPS) is 25.4. The number of rotatable bonds is 2. The monoisotopic (exact) mass is 268 g/mol. The molecule has 20 heavy (non-hydrogen) atoms. The second kappa shape index (κ2) is 5.99. The maximum atomic E-state index is 3.86. The lowest BCUT2D eigenvalue weighted by atomic mass is 9.90. The summed E-state index contributed by atoms with van der Waals surface area (Å²) in [7, 11) is 0. The number of nitrogens with zero attached hydrogens (tertiary/aromatic N) is 1. The van der Waals surface area contributed by atoms with Crippen LogP contribution in [0.4, 0.5) is 0 Å². The third kappa shape index (κ3) is 2.75. The fourth-order valence-corrected chi connectivity index (χ4v) is 3.73. The topological polar surface area (TPSA) is 15.3 Å². The summed E-state index contributed by atoms with van der Waals surface area (Å²) in [6.45, 7) is 5.02. The minimum atomic E-state index is 0.362. The molecule has 1 saturated heterocycles.